The Bertz CT molecular complexity index is 1320. The van der Waals surface area contributed by atoms with Crippen LogP contribution in [0.3, 0.4) is 0 Å². The topological polar surface area (TPSA) is 102 Å². The molecular weight excluding hydrogens is 468 g/mol. The van der Waals surface area contributed by atoms with Gasteiger partial charge in [-0.05, 0) is 50.2 Å². The first kappa shape index (κ1) is 23.5. The predicted octanol–water partition coefficient (Wildman–Crippen LogP) is 4.99. The van der Waals surface area contributed by atoms with Gasteiger partial charge < -0.3 is 19.7 Å². The van der Waals surface area contributed by atoms with E-state index in [0.29, 0.717) is 40.3 Å². The van der Waals surface area contributed by atoms with Crippen LogP contribution in [0.4, 0.5) is 14.5 Å². The number of fused-ring (bicyclic) bond motifs is 1. The Hall–Kier alpha value is -3.63. The number of alkyl halides is 3. The summed E-state index contributed by atoms with van der Waals surface area (Å²) in [6, 6.07) is 8.68. The van der Waals surface area contributed by atoms with Gasteiger partial charge in [-0.15, -0.1) is 8.78 Å². The van der Waals surface area contributed by atoms with Gasteiger partial charge in [0.05, 0.1) is 11.0 Å². The molecule has 2 aromatic carbocycles. The van der Waals surface area contributed by atoms with Crippen molar-refractivity contribution in [3.05, 3.63) is 66.5 Å². The number of aryl methyl sites for hydroxylation is 1. The molecule has 1 atom stereocenters. The number of nitrogens with zero attached hydrogens (tertiary/aromatic N) is 4. The number of ether oxygens (including phenoxy) is 1. The van der Waals surface area contributed by atoms with Gasteiger partial charge in [-0.3, -0.25) is 4.79 Å². The largest absolute Gasteiger partial charge is 0.487 e. The van der Waals surface area contributed by atoms with E-state index in [1.807, 2.05) is 11.5 Å². The van der Waals surface area contributed by atoms with Crippen molar-refractivity contribution in [1.82, 2.24) is 19.5 Å². The van der Waals surface area contributed by atoms with Crippen LogP contribution in [0.5, 0.6) is 5.75 Å². The molecule has 0 saturated heterocycles. The Morgan fingerprint density at radius 1 is 1.24 bits per heavy atom. The van der Waals surface area contributed by atoms with Crippen molar-refractivity contribution >= 4 is 34.2 Å². The fourth-order valence-electron chi connectivity index (χ4n) is 3.66. The van der Waals surface area contributed by atoms with Gasteiger partial charge in [-0.2, -0.15) is 0 Å². The Labute approximate surface area is 198 Å². The zero-order valence-electron chi connectivity index (χ0n) is 18.2. The van der Waals surface area contributed by atoms with Gasteiger partial charge in [0.25, 0.3) is 5.91 Å². The smallest absolute Gasteiger partial charge is 0.420 e. The lowest BCUT2D eigenvalue weighted by Crippen LogP contribution is -2.16. The van der Waals surface area contributed by atoms with Crippen LogP contribution >= 0.6 is 11.6 Å². The van der Waals surface area contributed by atoms with Gasteiger partial charge in [0, 0.05) is 52.9 Å². The highest BCUT2D eigenvalue weighted by molar-refractivity contribution is 6.20. The van der Waals surface area contributed by atoms with Crippen LogP contribution in [0.2, 0.25) is 0 Å². The summed E-state index contributed by atoms with van der Waals surface area (Å²) >= 11 is 4.77. The highest BCUT2D eigenvalue weighted by Crippen LogP contribution is 2.32. The minimum Gasteiger partial charge on any atom is -0.420 e. The van der Waals surface area contributed by atoms with E-state index in [1.165, 1.54) is 30.6 Å². The quantitative estimate of drug-likeness (QED) is 0.356. The highest BCUT2D eigenvalue weighted by Gasteiger charge is 2.27. The summed E-state index contributed by atoms with van der Waals surface area (Å²) in [6.07, 6.45) is 3.85. The summed E-state index contributed by atoms with van der Waals surface area (Å²) in [7, 11) is 0. The molecule has 176 valence electrons. The third kappa shape index (κ3) is 4.97. The molecule has 0 radical (unpaired) electrons. The number of aliphatic hydroxyl groups excluding tert-OH is 1. The van der Waals surface area contributed by atoms with E-state index < -0.39 is 17.6 Å². The molecule has 2 aromatic heterocycles. The molecule has 0 bridgehead atoms. The van der Waals surface area contributed by atoms with Crippen molar-refractivity contribution in [3.8, 4) is 16.9 Å². The average Bonchev–Trinajstić information content (AvgIpc) is 3.18. The maximum atomic E-state index is 13.1. The van der Waals surface area contributed by atoms with E-state index in [4.69, 9.17) is 11.6 Å². The highest BCUT2D eigenvalue weighted by atomic mass is 35.5. The second-order valence-corrected chi connectivity index (χ2v) is 7.88. The fourth-order valence-corrected chi connectivity index (χ4v) is 3.75. The minimum absolute atomic E-state index is 0.151. The van der Waals surface area contributed by atoms with Crippen molar-refractivity contribution in [2.75, 3.05) is 5.32 Å². The number of aromatic nitrogens is 4. The van der Waals surface area contributed by atoms with Crippen molar-refractivity contribution < 1.29 is 23.4 Å². The van der Waals surface area contributed by atoms with Crippen LogP contribution in [0.15, 0.2) is 55.1 Å². The van der Waals surface area contributed by atoms with E-state index in [-0.39, 0.29) is 5.75 Å². The summed E-state index contributed by atoms with van der Waals surface area (Å²) in [4.78, 5) is 25.8. The zero-order chi connectivity index (χ0) is 24.5. The first-order chi connectivity index (χ1) is 16.2. The standard InChI is InChI=1S/C23H20ClF2N5O3/c1-3-31-20-18(15-10-27-12-28-11-15)8-14(9-19(20)30-21(31)13(2)32)22(33)29-16-4-6-17(7-5-16)34-23(24,25)26/h4-13,32H,3H2,1-2H3,(H,29,33)/t13-/m0/s1. The van der Waals surface area contributed by atoms with E-state index in [0.717, 1.165) is 5.52 Å². The number of halogens is 3. The molecule has 0 spiro atoms. The lowest BCUT2D eigenvalue weighted by atomic mass is 10.0. The number of carbonyl (C=O) groups excluding carboxylic acids is 1. The number of hydrogen-bond donors (Lipinski definition) is 2. The van der Waals surface area contributed by atoms with Crippen LogP contribution in [0.25, 0.3) is 22.2 Å². The number of carbonyl (C=O) groups is 1. The molecule has 0 aliphatic rings. The SMILES string of the molecule is CCn1c([C@H](C)O)nc2cc(C(=O)Nc3ccc(OC(F)(F)Cl)cc3)cc(-c3cncnc3)c21. The van der Waals surface area contributed by atoms with E-state index in [9.17, 15) is 18.7 Å². The number of nitrogens with one attached hydrogen (secondary N) is 1. The molecule has 0 saturated carbocycles. The van der Waals surface area contributed by atoms with Gasteiger partial charge in [-0.25, -0.2) is 15.0 Å². The van der Waals surface area contributed by atoms with Crippen LogP contribution in [0.1, 0.15) is 36.1 Å². The van der Waals surface area contributed by atoms with Crippen LogP contribution in [-0.4, -0.2) is 36.1 Å². The number of aliphatic hydroxyl groups is 1. The van der Waals surface area contributed by atoms with Crippen LogP contribution in [-0.2, 0) is 6.54 Å². The molecule has 11 heteroatoms. The molecule has 1 amide bonds. The van der Waals surface area contributed by atoms with Gasteiger partial charge in [0.15, 0.2) is 0 Å². The molecular formula is C23H20ClF2N5O3. The molecule has 0 fully saturated rings. The minimum atomic E-state index is -3.83. The number of hydrogen-bond acceptors (Lipinski definition) is 6. The summed E-state index contributed by atoms with van der Waals surface area (Å²) < 4.78 is 31.7. The maximum absolute atomic E-state index is 13.1. The predicted molar refractivity (Wildman–Crippen MR) is 123 cm³/mol. The second-order valence-electron chi connectivity index (χ2n) is 7.44. The molecule has 8 nitrogen and oxygen atoms in total. The van der Waals surface area contributed by atoms with Gasteiger partial charge in [0.2, 0.25) is 0 Å². The van der Waals surface area contributed by atoms with Crippen molar-refractivity contribution in [2.45, 2.75) is 32.1 Å². The summed E-state index contributed by atoms with van der Waals surface area (Å²) in [5.41, 5.74) is -0.536. The molecule has 0 aliphatic carbocycles. The summed E-state index contributed by atoms with van der Waals surface area (Å²) in [5, 5.41) is 12.9. The normalized spacial score (nSPS) is 12.5. The van der Waals surface area contributed by atoms with Gasteiger partial charge in [0.1, 0.15) is 24.0 Å². The van der Waals surface area contributed by atoms with E-state index >= 15 is 0 Å². The number of amides is 1. The maximum Gasteiger partial charge on any atom is 0.487 e. The first-order valence-corrected chi connectivity index (χ1v) is 10.7. The second kappa shape index (κ2) is 9.32. The average molecular weight is 488 g/mol. The molecule has 34 heavy (non-hydrogen) atoms. The van der Waals surface area contributed by atoms with Crippen LogP contribution < -0.4 is 10.1 Å². The number of imidazole rings is 1. The van der Waals surface area contributed by atoms with Crippen molar-refractivity contribution in [1.29, 1.82) is 0 Å². The van der Waals surface area contributed by atoms with E-state index in [2.05, 4.69) is 25.0 Å². The third-order valence-corrected chi connectivity index (χ3v) is 5.12. The van der Waals surface area contributed by atoms with Crippen molar-refractivity contribution in [2.24, 2.45) is 0 Å². The Balaban J connectivity index is 1.73. The number of benzene rings is 2. The number of rotatable bonds is 7. The molecule has 2 N–H and O–H groups in total. The third-order valence-electron chi connectivity index (χ3n) is 5.04. The Kier molecular flexibility index (Phi) is 6.45. The van der Waals surface area contributed by atoms with Gasteiger partial charge in [-0.1, -0.05) is 0 Å². The summed E-state index contributed by atoms with van der Waals surface area (Å²) in [6.45, 7) is 4.12. The zero-order valence-corrected chi connectivity index (χ0v) is 18.9. The van der Waals surface area contributed by atoms with Crippen molar-refractivity contribution in [3.63, 3.8) is 0 Å². The number of anilines is 1. The van der Waals surface area contributed by atoms with Crippen LogP contribution in [0, 0.1) is 0 Å². The van der Waals surface area contributed by atoms with Gasteiger partial charge >= 0.3 is 5.57 Å². The summed E-state index contributed by atoms with van der Waals surface area (Å²) in [5.74, 6) is -0.123. The molecule has 0 unspecified atom stereocenters. The molecule has 2 heterocycles. The Morgan fingerprint density at radius 3 is 2.50 bits per heavy atom. The lowest BCUT2D eigenvalue weighted by Gasteiger charge is -2.13. The molecule has 4 rings (SSSR count). The lowest BCUT2D eigenvalue weighted by molar-refractivity contribution is -0.0964. The fraction of sp³-hybridized carbons (Fsp3) is 0.217. The molecule has 4 aromatic rings. The first-order valence-electron chi connectivity index (χ1n) is 10.3. The van der Waals surface area contributed by atoms with E-state index in [1.54, 1.807) is 31.5 Å². The molecule has 0 aliphatic heterocycles. The Morgan fingerprint density at radius 2 is 1.91 bits per heavy atom. The monoisotopic (exact) mass is 487 g/mol.